The number of hydrogen-bond donors (Lipinski definition) is 2. The fourth-order valence-corrected chi connectivity index (χ4v) is 4.21. The summed E-state index contributed by atoms with van der Waals surface area (Å²) >= 11 is 0. The minimum atomic E-state index is -2.93. The fraction of sp³-hybridized carbons (Fsp3) is 0.667. The molecule has 1 aliphatic heterocycles. The van der Waals surface area contributed by atoms with Gasteiger partial charge < -0.3 is 10.6 Å². The highest BCUT2D eigenvalue weighted by molar-refractivity contribution is 7.90. The normalized spacial score (nSPS) is 18.1. The lowest BCUT2D eigenvalue weighted by atomic mass is 9.96. The largest absolute Gasteiger partial charge is 0.356 e. The van der Waals surface area contributed by atoms with Gasteiger partial charge in [0.1, 0.15) is 9.84 Å². The van der Waals surface area contributed by atoms with Crippen LogP contribution in [0.25, 0.3) is 0 Å². The van der Waals surface area contributed by atoms with Crippen LogP contribution in [0.3, 0.4) is 0 Å². The Morgan fingerprint density at radius 2 is 1.89 bits per heavy atom. The van der Waals surface area contributed by atoms with Crippen molar-refractivity contribution < 1.29 is 8.42 Å². The molecule has 2 rings (SSSR count). The zero-order chi connectivity index (χ0) is 20.6. The molecule has 6 nitrogen and oxygen atoms in total. The first-order valence-electron chi connectivity index (χ1n) is 10.2. The van der Waals surface area contributed by atoms with Gasteiger partial charge in [0, 0.05) is 32.4 Å². The highest BCUT2D eigenvalue weighted by atomic mass is 32.2. The van der Waals surface area contributed by atoms with E-state index in [1.54, 1.807) is 7.05 Å². The van der Waals surface area contributed by atoms with E-state index in [4.69, 9.17) is 0 Å². The molecule has 1 saturated heterocycles. The maximum atomic E-state index is 11.3. The molecule has 2 N–H and O–H groups in total. The first-order chi connectivity index (χ1) is 13.2. The number of guanidine groups is 1. The Bertz CT molecular complexity index is 723. The summed E-state index contributed by atoms with van der Waals surface area (Å²) in [5.41, 5.74) is 2.69. The highest BCUT2D eigenvalue weighted by Crippen LogP contribution is 2.18. The molecule has 1 aromatic carbocycles. The maximum Gasteiger partial charge on any atom is 0.191 e. The van der Waals surface area contributed by atoms with Crippen LogP contribution < -0.4 is 10.6 Å². The molecule has 0 radical (unpaired) electrons. The van der Waals surface area contributed by atoms with Crippen LogP contribution in [0, 0.1) is 12.8 Å². The van der Waals surface area contributed by atoms with Gasteiger partial charge in [0.05, 0.1) is 5.75 Å². The molecule has 0 amide bonds. The van der Waals surface area contributed by atoms with E-state index in [0.717, 1.165) is 32.1 Å². The molecular weight excluding hydrogens is 372 g/mol. The second kappa shape index (κ2) is 10.8. The number of nitrogens with zero attached hydrogens (tertiary/aromatic N) is 2. The topological polar surface area (TPSA) is 73.8 Å². The van der Waals surface area contributed by atoms with Crippen molar-refractivity contribution in [2.45, 2.75) is 45.7 Å². The summed E-state index contributed by atoms with van der Waals surface area (Å²) in [4.78, 5) is 6.80. The third-order valence-electron chi connectivity index (χ3n) is 5.32. The minimum absolute atomic E-state index is 0.0669. The highest BCUT2D eigenvalue weighted by Gasteiger charge is 2.19. The van der Waals surface area contributed by atoms with Gasteiger partial charge in [-0.05, 0) is 57.7 Å². The SMILES string of the molecule is CN=C(NCC1CCN(Cc2ccc(C)cc2)CC1)NC(C)CCS(C)(=O)=O. The summed E-state index contributed by atoms with van der Waals surface area (Å²) in [6.07, 6.45) is 4.22. The van der Waals surface area contributed by atoms with Crippen LogP contribution in [-0.4, -0.2) is 64.0 Å². The molecule has 1 aliphatic rings. The van der Waals surface area contributed by atoms with E-state index in [1.165, 1.54) is 30.2 Å². The number of piperidine rings is 1. The average molecular weight is 409 g/mol. The first-order valence-corrected chi connectivity index (χ1v) is 12.2. The van der Waals surface area contributed by atoms with Crippen molar-refractivity contribution >= 4 is 15.8 Å². The summed E-state index contributed by atoms with van der Waals surface area (Å²) in [7, 11) is -1.17. The van der Waals surface area contributed by atoms with Crippen molar-refractivity contribution in [2.75, 3.05) is 38.7 Å². The minimum Gasteiger partial charge on any atom is -0.356 e. The smallest absolute Gasteiger partial charge is 0.191 e. The molecule has 0 bridgehead atoms. The first kappa shape index (κ1) is 22.7. The van der Waals surface area contributed by atoms with E-state index in [0.29, 0.717) is 12.3 Å². The quantitative estimate of drug-likeness (QED) is 0.510. The Balaban J connectivity index is 1.68. The van der Waals surface area contributed by atoms with Gasteiger partial charge >= 0.3 is 0 Å². The summed E-state index contributed by atoms with van der Waals surface area (Å²) in [6.45, 7) is 8.28. The molecule has 0 spiro atoms. The third-order valence-corrected chi connectivity index (χ3v) is 6.30. The van der Waals surface area contributed by atoms with Crippen molar-refractivity contribution in [2.24, 2.45) is 10.9 Å². The standard InChI is InChI=1S/C21H36N4O2S/c1-17-5-7-20(8-6-17)16-25-12-9-19(10-13-25)15-23-21(22-3)24-18(2)11-14-28(4,26)27/h5-8,18-19H,9-16H2,1-4H3,(H2,22,23,24). The molecular formula is C21H36N4O2S. The van der Waals surface area contributed by atoms with E-state index >= 15 is 0 Å². The second-order valence-corrected chi connectivity index (χ2v) is 10.4. The number of sulfone groups is 1. The summed E-state index contributed by atoms with van der Waals surface area (Å²) in [6, 6.07) is 8.88. The molecule has 1 aromatic rings. The van der Waals surface area contributed by atoms with Crippen LogP contribution in [0.5, 0.6) is 0 Å². The van der Waals surface area contributed by atoms with Crippen LogP contribution in [-0.2, 0) is 16.4 Å². The van der Waals surface area contributed by atoms with E-state index in [9.17, 15) is 8.42 Å². The Hall–Kier alpha value is -1.60. The predicted octanol–water partition coefficient (Wildman–Crippen LogP) is 2.20. The van der Waals surface area contributed by atoms with Crippen molar-refractivity contribution in [3.8, 4) is 0 Å². The van der Waals surface area contributed by atoms with Crippen LogP contribution in [0.4, 0.5) is 0 Å². The van der Waals surface area contributed by atoms with Gasteiger partial charge in [0.15, 0.2) is 5.96 Å². The Morgan fingerprint density at radius 1 is 1.25 bits per heavy atom. The van der Waals surface area contributed by atoms with Crippen LogP contribution >= 0.6 is 0 Å². The maximum absolute atomic E-state index is 11.3. The van der Waals surface area contributed by atoms with Crippen LogP contribution in [0.15, 0.2) is 29.3 Å². The average Bonchev–Trinajstić information content (AvgIpc) is 2.66. The molecule has 7 heteroatoms. The van der Waals surface area contributed by atoms with E-state index in [1.807, 2.05) is 6.92 Å². The van der Waals surface area contributed by atoms with Gasteiger partial charge in [-0.25, -0.2) is 8.42 Å². The lowest BCUT2D eigenvalue weighted by Crippen LogP contribution is -2.45. The lowest BCUT2D eigenvalue weighted by Gasteiger charge is -2.32. The van der Waals surface area contributed by atoms with Gasteiger partial charge in [0.25, 0.3) is 0 Å². The molecule has 0 saturated carbocycles. The van der Waals surface area contributed by atoms with E-state index in [2.05, 4.69) is 51.7 Å². The number of aliphatic imine (C=N–C) groups is 1. The van der Waals surface area contributed by atoms with Crippen LogP contribution in [0.1, 0.15) is 37.3 Å². The fourth-order valence-electron chi connectivity index (χ4n) is 3.43. The number of likely N-dealkylation sites (tertiary alicyclic amines) is 1. The van der Waals surface area contributed by atoms with Gasteiger partial charge in [-0.15, -0.1) is 0 Å². The van der Waals surface area contributed by atoms with Crippen LogP contribution in [0.2, 0.25) is 0 Å². The Kier molecular flexibility index (Phi) is 8.76. The van der Waals surface area contributed by atoms with Gasteiger partial charge in [-0.1, -0.05) is 29.8 Å². The van der Waals surface area contributed by atoms with E-state index < -0.39 is 9.84 Å². The number of aryl methyl sites for hydroxylation is 1. The Labute approximate surface area is 170 Å². The molecule has 1 unspecified atom stereocenters. The van der Waals surface area contributed by atoms with Crippen molar-refractivity contribution in [3.05, 3.63) is 35.4 Å². The number of benzene rings is 1. The molecule has 28 heavy (non-hydrogen) atoms. The number of hydrogen-bond acceptors (Lipinski definition) is 4. The second-order valence-electron chi connectivity index (χ2n) is 8.12. The molecule has 1 atom stereocenters. The molecule has 158 valence electrons. The molecule has 1 heterocycles. The molecule has 0 aromatic heterocycles. The van der Waals surface area contributed by atoms with Crippen molar-refractivity contribution in [3.63, 3.8) is 0 Å². The third kappa shape index (κ3) is 8.61. The zero-order valence-corrected chi connectivity index (χ0v) is 18.6. The zero-order valence-electron chi connectivity index (χ0n) is 17.7. The van der Waals surface area contributed by atoms with Crippen molar-refractivity contribution in [1.82, 2.24) is 15.5 Å². The van der Waals surface area contributed by atoms with Gasteiger partial charge in [0.2, 0.25) is 0 Å². The van der Waals surface area contributed by atoms with Gasteiger partial charge in [-0.3, -0.25) is 9.89 Å². The Morgan fingerprint density at radius 3 is 2.46 bits per heavy atom. The molecule has 1 fully saturated rings. The number of rotatable bonds is 8. The van der Waals surface area contributed by atoms with E-state index in [-0.39, 0.29) is 11.8 Å². The van der Waals surface area contributed by atoms with Gasteiger partial charge in [-0.2, -0.15) is 0 Å². The molecule has 0 aliphatic carbocycles. The summed E-state index contributed by atoms with van der Waals surface area (Å²) in [5.74, 6) is 1.58. The predicted molar refractivity (Wildman–Crippen MR) is 117 cm³/mol. The summed E-state index contributed by atoms with van der Waals surface area (Å²) < 4.78 is 22.6. The van der Waals surface area contributed by atoms with Crippen molar-refractivity contribution in [1.29, 1.82) is 0 Å². The summed E-state index contributed by atoms with van der Waals surface area (Å²) in [5, 5.41) is 6.70. The monoisotopic (exact) mass is 408 g/mol. The number of nitrogens with one attached hydrogen (secondary N) is 2. The lowest BCUT2D eigenvalue weighted by molar-refractivity contribution is 0.178.